The molecular weight excluding hydrogens is 514 g/mol. The third kappa shape index (κ3) is 4.90. The highest BCUT2D eigenvalue weighted by Crippen LogP contribution is 2.68. The summed E-state index contributed by atoms with van der Waals surface area (Å²) in [5, 5.41) is 26.8. The quantitative estimate of drug-likeness (QED) is 0.400. The van der Waals surface area contributed by atoms with Crippen LogP contribution >= 0.6 is 0 Å². The summed E-state index contributed by atoms with van der Waals surface area (Å²) in [5.41, 5.74) is 0.287. The number of carbonyl (C=O) groups excluding carboxylic acids is 2. The minimum atomic E-state index is -0.555. The Balaban J connectivity index is 1.14. The van der Waals surface area contributed by atoms with Crippen molar-refractivity contribution < 1.29 is 24.5 Å². The van der Waals surface area contributed by atoms with Crippen LogP contribution in [0, 0.1) is 46.3 Å². The minimum absolute atomic E-state index is 0.0247. The summed E-state index contributed by atoms with van der Waals surface area (Å²) in [5.74, 6) is 1.76. The van der Waals surface area contributed by atoms with Gasteiger partial charge in [-0.15, -0.1) is 0 Å². The Morgan fingerprint density at radius 3 is 2.51 bits per heavy atom. The van der Waals surface area contributed by atoms with Crippen molar-refractivity contribution in [2.75, 3.05) is 13.1 Å². The summed E-state index contributed by atoms with van der Waals surface area (Å²) in [6, 6.07) is 10.2. The number of aliphatic hydroxyl groups is 2. The number of rotatable bonds is 6. The Kier molecular flexibility index (Phi) is 7.91. The van der Waals surface area contributed by atoms with Crippen molar-refractivity contribution in [3.63, 3.8) is 0 Å². The Morgan fingerprint density at radius 1 is 1.05 bits per heavy atom. The molecule has 6 heteroatoms. The van der Waals surface area contributed by atoms with Crippen LogP contribution in [-0.4, -0.2) is 47.3 Å². The zero-order valence-electron chi connectivity index (χ0n) is 25.3. The van der Waals surface area contributed by atoms with Crippen molar-refractivity contribution in [1.82, 2.24) is 5.32 Å². The molecule has 0 amide bonds. The molecule has 0 spiro atoms. The lowest BCUT2D eigenvalue weighted by Crippen LogP contribution is -2.62. The fourth-order valence-corrected chi connectivity index (χ4v) is 10.8. The molecule has 2 unspecified atom stereocenters. The normalized spacial score (nSPS) is 42.5. The molecule has 1 heterocycles. The maximum Gasteiger partial charge on any atom is 0.306 e. The number of hydrogen-bond donors (Lipinski definition) is 3. The number of fused-ring (bicyclic) bond motifs is 5. The van der Waals surface area contributed by atoms with Gasteiger partial charge in [-0.1, -0.05) is 51.1 Å². The fraction of sp³-hybridized carbons (Fsp3) is 0.771. The van der Waals surface area contributed by atoms with Gasteiger partial charge in [0.1, 0.15) is 11.4 Å². The minimum Gasteiger partial charge on any atom is -0.454 e. The molecule has 1 saturated heterocycles. The second kappa shape index (κ2) is 11.1. The Hall–Kier alpha value is -1.76. The van der Waals surface area contributed by atoms with Gasteiger partial charge in [-0.25, -0.2) is 0 Å². The zero-order chi connectivity index (χ0) is 29.0. The highest BCUT2D eigenvalue weighted by atomic mass is 16.6. The molecule has 3 N–H and O–H groups in total. The first-order chi connectivity index (χ1) is 19.6. The molecule has 0 bridgehead atoms. The smallest absolute Gasteiger partial charge is 0.306 e. The summed E-state index contributed by atoms with van der Waals surface area (Å²) < 4.78 is 6.30. The number of esters is 1. The van der Waals surface area contributed by atoms with Crippen molar-refractivity contribution in [2.24, 2.45) is 46.3 Å². The predicted octanol–water partition coefficient (Wildman–Crippen LogP) is 5.39. The van der Waals surface area contributed by atoms with Gasteiger partial charge in [-0.05, 0) is 104 Å². The number of carbonyl (C=O) groups is 2. The number of ketones is 1. The Labute approximate surface area is 246 Å². The molecule has 5 aliphatic rings. The van der Waals surface area contributed by atoms with Gasteiger partial charge < -0.3 is 20.3 Å². The van der Waals surface area contributed by atoms with E-state index in [2.05, 4.69) is 38.2 Å². The third-order valence-corrected chi connectivity index (χ3v) is 13.2. The second-order valence-corrected chi connectivity index (χ2v) is 14.9. The molecule has 4 saturated carbocycles. The number of benzene rings is 1. The third-order valence-electron chi connectivity index (χ3n) is 13.2. The van der Waals surface area contributed by atoms with E-state index in [4.69, 9.17) is 4.74 Å². The Morgan fingerprint density at radius 2 is 1.78 bits per heavy atom. The average molecular weight is 566 g/mol. The van der Waals surface area contributed by atoms with Gasteiger partial charge in [0.05, 0.1) is 12.2 Å². The molecule has 1 aromatic rings. The maximum absolute atomic E-state index is 13.3. The molecule has 6 nitrogen and oxygen atoms in total. The lowest BCUT2D eigenvalue weighted by molar-refractivity contribution is -0.201. The summed E-state index contributed by atoms with van der Waals surface area (Å²) in [7, 11) is 0. The van der Waals surface area contributed by atoms with Gasteiger partial charge in [0.2, 0.25) is 0 Å². The first-order valence-electron chi connectivity index (χ1n) is 16.4. The van der Waals surface area contributed by atoms with Crippen LogP contribution in [0.4, 0.5) is 0 Å². The van der Waals surface area contributed by atoms with Gasteiger partial charge >= 0.3 is 5.97 Å². The fourth-order valence-electron chi connectivity index (χ4n) is 10.8. The van der Waals surface area contributed by atoms with Crippen molar-refractivity contribution in [3.8, 4) is 0 Å². The van der Waals surface area contributed by atoms with Crippen LogP contribution in [0.1, 0.15) is 97.0 Å². The molecule has 0 aromatic heterocycles. The van der Waals surface area contributed by atoms with E-state index in [0.717, 1.165) is 70.0 Å². The lowest BCUT2D eigenvalue weighted by Gasteiger charge is -2.63. The number of aliphatic hydroxyl groups excluding tert-OH is 2. The second-order valence-electron chi connectivity index (χ2n) is 14.9. The topological polar surface area (TPSA) is 95.9 Å². The SMILES string of the molecule is C[C@H](CCC(=O)OC1(c2ccccc2)CCNCC1)[C@H]1CC[C@H]2[C@@H]3C(O)C[C@@H]4CC(=O)CC[C@]4(C)[C@H]3CC(O)[C@]12C. The van der Waals surface area contributed by atoms with Crippen LogP contribution in [0.3, 0.4) is 0 Å². The molecule has 226 valence electrons. The van der Waals surface area contributed by atoms with E-state index >= 15 is 0 Å². The van der Waals surface area contributed by atoms with E-state index in [0.29, 0.717) is 31.0 Å². The first kappa shape index (κ1) is 29.3. The van der Waals surface area contributed by atoms with Crippen molar-refractivity contribution in [1.29, 1.82) is 0 Å². The van der Waals surface area contributed by atoms with Crippen LogP contribution in [0.15, 0.2) is 30.3 Å². The number of piperidine rings is 1. The predicted molar refractivity (Wildman–Crippen MR) is 158 cm³/mol. The summed E-state index contributed by atoms with van der Waals surface area (Å²) in [6.07, 6.45) is 7.49. The molecule has 4 aliphatic carbocycles. The van der Waals surface area contributed by atoms with Crippen LogP contribution in [-0.2, 0) is 19.9 Å². The molecule has 1 aromatic carbocycles. The van der Waals surface area contributed by atoms with E-state index in [1.165, 1.54) is 0 Å². The molecular formula is C35H51NO5. The molecule has 5 fully saturated rings. The van der Waals surface area contributed by atoms with E-state index in [1.54, 1.807) is 0 Å². The van der Waals surface area contributed by atoms with Crippen LogP contribution < -0.4 is 5.32 Å². The monoisotopic (exact) mass is 565 g/mol. The maximum atomic E-state index is 13.3. The van der Waals surface area contributed by atoms with Crippen LogP contribution in [0.25, 0.3) is 0 Å². The molecule has 6 rings (SSSR count). The molecule has 41 heavy (non-hydrogen) atoms. The van der Waals surface area contributed by atoms with E-state index in [9.17, 15) is 19.8 Å². The summed E-state index contributed by atoms with van der Waals surface area (Å²) in [4.78, 5) is 25.6. The number of Topliss-reactive ketones (excluding diaryl/α,β-unsaturated/α-hetero) is 1. The van der Waals surface area contributed by atoms with Gasteiger partial charge in [-0.3, -0.25) is 9.59 Å². The highest BCUT2D eigenvalue weighted by Gasteiger charge is 2.65. The zero-order valence-corrected chi connectivity index (χ0v) is 25.3. The summed E-state index contributed by atoms with van der Waals surface area (Å²) in [6.45, 7) is 8.54. The van der Waals surface area contributed by atoms with Gasteiger partial charge in [-0.2, -0.15) is 0 Å². The van der Waals surface area contributed by atoms with Crippen LogP contribution in [0.5, 0.6) is 0 Å². The summed E-state index contributed by atoms with van der Waals surface area (Å²) >= 11 is 0. The van der Waals surface area contributed by atoms with E-state index < -0.39 is 17.8 Å². The molecule has 10 atom stereocenters. The van der Waals surface area contributed by atoms with Gasteiger partial charge in [0.15, 0.2) is 0 Å². The highest BCUT2D eigenvalue weighted by molar-refractivity contribution is 5.79. The van der Waals surface area contributed by atoms with Crippen molar-refractivity contribution in [3.05, 3.63) is 35.9 Å². The van der Waals surface area contributed by atoms with Crippen LogP contribution in [0.2, 0.25) is 0 Å². The Bertz CT molecular complexity index is 1120. The van der Waals surface area contributed by atoms with Gasteiger partial charge in [0.25, 0.3) is 0 Å². The van der Waals surface area contributed by atoms with Crippen molar-refractivity contribution in [2.45, 2.75) is 109 Å². The molecule has 0 radical (unpaired) electrons. The average Bonchev–Trinajstić information content (AvgIpc) is 3.32. The largest absolute Gasteiger partial charge is 0.454 e. The lowest BCUT2D eigenvalue weighted by atomic mass is 9.43. The standard InChI is InChI=1S/C35H51NO5/c1-22(9-12-31(40)41-35(15-17-36-18-16-35)23-7-5-4-6-8-23)26-10-11-27-32-28(21-30(39)34(26,27)3)33(2)14-13-25(37)19-24(33)20-29(32)38/h4-8,22,24,26-30,32,36,38-39H,9-21H2,1-3H3/t22-,24+,26-,27+,28+,29?,30?,32+,33+,34-/m1/s1. The van der Waals surface area contributed by atoms with Crippen molar-refractivity contribution >= 4 is 11.8 Å². The molecule has 1 aliphatic heterocycles. The number of ether oxygens (including phenoxy) is 1. The van der Waals surface area contributed by atoms with E-state index in [1.807, 2.05) is 18.2 Å². The van der Waals surface area contributed by atoms with Gasteiger partial charge in [0, 0.05) is 32.1 Å². The number of nitrogens with one attached hydrogen (secondary N) is 1. The first-order valence-corrected chi connectivity index (χ1v) is 16.4. The number of hydrogen-bond acceptors (Lipinski definition) is 6. The van der Waals surface area contributed by atoms with E-state index in [-0.39, 0.29) is 46.4 Å².